The van der Waals surface area contributed by atoms with Crippen molar-refractivity contribution in [2.75, 3.05) is 6.61 Å². The number of nitrogens with one attached hydrogen (secondary N) is 2. The van der Waals surface area contributed by atoms with Crippen molar-refractivity contribution < 1.29 is 27.5 Å². The fourth-order valence-corrected chi connectivity index (χ4v) is 7.06. The lowest BCUT2D eigenvalue weighted by atomic mass is 9.75. The molecule has 2 bridgehead atoms. The average molecular weight is 722 g/mol. The zero-order chi connectivity index (χ0) is 35.9. The quantitative estimate of drug-likeness (QED) is 0.211. The number of ether oxygens (including phenoxy) is 1. The third kappa shape index (κ3) is 6.10. The molecular formula is C35H35ClF3N9O3. The second-order valence-corrected chi connectivity index (χ2v) is 15.2. The van der Waals surface area contributed by atoms with Crippen LogP contribution in [0.2, 0.25) is 5.02 Å². The van der Waals surface area contributed by atoms with Crippen molar-refractivity contribution in [2.45, 2.75) is 82.3 Å². The Morgan fingerprint density at radius 1 is 1.12 bits per heavy atom. The summed E-state index contributed by atoms with van der Waals surface area (Å²) in [6.07, 6.45) is 3.80. The molecule has 12 nitrogen and oxygen atoms in total. The van der Waals surface area contributed by atoms with E-state index in [0.29, 0.717) is 17.2 Å². The van der Waals surface area contributed by atoms with Crippen molar-refractivity contribution in [3.63, 3.8) is 0 Å². The van der Waals surface area contributed by atoms with Crippen LogP contribution in [0, 0.1) is 5.41 Å². The van der Waals surface area contributed by atoms with Gasteiger partial charge in [-0.1, -0.05) is 62.7 Å². The van der Waals surface area contributed by atoms with E-state index in [2.05, 4.69) is 30.8 Å². The van der Waals surface area contributed by atoms with Gasteiger partial charge < -0.3 is 15.4 Å². The second kappa shape index (κ2) is 11.8. The number of carbonyl (C=O) groups is 2. The van der Waals surface area contributed by atoms with E-state index in [0.717, 1.165) is 24.0 Å². The van der Waals surface area contributed by atoms with Gasteiger partial charge in [0.25, 0.3) is 18.1 Å². The molecule has 1 saturated heterocycles. The molecule has 2 aliphatic heterocycles. The lowest BCUT2D eigenvalue weighted by Gasteiger charge is -2.35. The summed E-state index contributed by atoms with van der Waals surface area (Å²) in [6, 6.07) is 10.4. The Morgan fingerprint density at radius 3 is 2.55 bits per heavy atom. The van der Waals surface area contributed by atoms with E-state index in [1.165, 1.54) is 15.9 Å². The van der Waals surface area contributed by atoms with Crippen molar-refractivity contribution in [1.29, 1.82) is 0 Å². The Labute approximate surface area is 296 Å². The molecule has 4 aliphatic rings. The Hall–Kier alpha value is -4.92. The van der Waals surface area contributed by atoms with Gasteiger partial charge in [-0.3, -0.25) is 14.4 Å². The molecule has 2 saturated carbocycles. The molecule has 2 N–H and O–H groups in total. The number of alkyl carbamates (subject to hydrolysis) is 1. The number of fused-ring (bicyclic) bond motifs is 5. The summed E-state index contributed by atoms with van der Waals surface area (Å²) in [7, 11) is 0. The number of amides is 2. The van der Waals surface area contributed by atoms with Gasteiger partial charge in [-0.25, -0.2) is 32.6 Å². The predicted octanol–water partition coefficient (Wildman–Crippen LogP) is 6.40. The van der Waals surface area contributed by atoms with Crippen LogP contribution in [-0.2, 0) is 15.1 Å². The van der Waals surface area contributed by atoms with Crippen LogP contribution in [0.1, 0.15) is 81.8 Å². The van der Waals surface area contributed by atoms with Crippen LogP contribution in [-0.4, -0.2) is 66.0 Å². The molecule has 4 heterocycles. The number of hydrogen-bond acceptors (Lipinski definition) is 8. The fourth-order valence-electron chi connectivity index (χ4n) is 6.87. The maximum Gasteiger partial charge on any atom is 0.407 e. The molecular weight excluding hydrogens is 687 g/mol. The van der Waals surface area contributed by atoms with E-state index in [1.54, 1.807) is 18.2 Å². The maximum absolute atomic E-state index is 16.3. The lowest BCUT2D eigenvalue weighted by Crippen LogP contribution is -2.47. The van der Waals surface area contributed by atoms with E-state index in [9.17, 15) is 13.6 Å². The second-order valence-electron chi connectivity index (χ2n) is 14.8. The highest BCUT2D eigenvalue weighted by molar-refractivity contribution is 6.32. The first-order valence-corrected chi connectivity index (χ1v) is 17.1. The smallest absolute Gasteiger partial charge is 0.407 e. The van der Waals surface area contributed by atoms with Crippen LogP contribution in [0.4, 0.5) is 18.0 Å². The molecule has 0 radical (unpaired) electrons. The number of alkyl halides is 3. The Balaban J connectivity index is 1.22. The van der Waals surface area contributed by atoms with Gasteiger partial charge in [-0.2, -0.15) is 10.2 Å². The summed E-state index contributed by atoms with van der Waals surface area (Å²) in [5.74, 6) is -3.78. The maximum atomic E-state index is 16.3. The molecule has 2 aromatic heterocycles. The number of halogens is 4. The van der Waals surface area contributed by atoms with Crippen LogP contribution in [0.25, 0.3) is 16.8 Å². The van der Waals surface area contributed by atoms with Crippen molar-refractivity contribution in [1.82, 2.24) is 40.1 Å². The number of aliphatic imine (C=N–C) groups is 1. The summed E-state index contributed by atoms with van der Waals surface area (Å²) in [5.41, 5.74) is 1.27. The van der Waals surface area contributed by atoms with E-state index in [4.69, 9.17) is 16.3 Å². The number of benzene rings is 2. The summed E-state index contributed by atoms with van der Waals surface area (Å²) in [5, 5.41) is 14.4. The van der Waals surface area contributed by atoms with Gasteiger partial charge in [0.15, 0.2) is 5.82 Å². The molecule has 16 heteroatoms. The SMILES string of the molecule is CC(C)(C)C[C@]1(c2ccc(-c3cnn(C4CC4)c3)cc2)NC2=NC(F)c3ncnn3-c3cc(ccc3Cl)[C@@H](COC(=O)N[C@H]3CC3(F)F)N2C1=O. The first kappa shape index (κ1) is 33.2. The van der Waals surface area contributed by atoms with E-state index in [-0.39, 0.29) is 28.9 Å². The molecule has 3 fully saturated rings. The summed E-state index contributed by atoms with van der Waals surface area (Å²) in [6.45, 7) is 5.49. The topological polar surface area (TPSA) is 132 Å². The number of guanidine groups is 1. The minimum atomic E-state index is -3.01. The van der Waals surface area contributed by atoms with Gasteiger partial charge in [0.05, 0.1) is 29.0 Å². The standard InChI is InChI=1S/C35H35ClF3N9O3/c1-33(2,3)17-34(22-7-4-19(5-8-22)21-14-41-46(15-21)23-9-10-23)30(49)47-26(16-51-32(50)43-27-13-35(27,38)39)20-6-11-24(36)25(12-20)48-29(40-18-42-48)28(37)44-31(47)45-34/h4-8,11-12,14-15,18,23,26-28H,9-10,13,16-17H2,1-3H3,(H,43,50)(H,44,45)/t26-,27+,28?,34-/m1/s1. The highest BCUT2D eigenvalue weighted by atomic mass is 35.5. The summed E-state index contributed by atoms with van der Waals surface area (Å²) >= 11 is 6.55. The van der Waals surface area contributed by atoms with E-state index < -0.39 is 60.3 Å². The van der Waals surface area contributed by atoms with Gasteiger partial charge in [0.2, 0.25) is 5.96 Å². The van der Waals surface area contributed by atoms with E-state index >= 15 is 9.18 Å². The van der Waals surface area contributed by atoms with Crippen molar-refractivity contribution in [2.24, 2.45) is 10.4 Å². The normalized spacial score (nSPS) is 25.0. The van der Waals surface area contributed by atoms with Crippen LogP contribution in [0.5, 0.6) is 0 Å². The molecule has 266 valence electrons. The number of hydrogen-bond donors (Lipinski definition) is 2. The van der Waals surface area contributed by atoms with Gasteiger partial charge in [0.1, 0.15) is 24.5 Å². The van der Waals surface area contributed by atoms with Crippen molar-refractivity contribution in [3.8, 4) is 16.8 Å². The van der Waals surface area contributed by atoms with Crippen LogP contribution in [0.3, 0.4) is 0 Å². The zero-order valence-corrected chi connectivity index (χ0v) is 28.7. The molecule has 2 aromatic carbocycles. The van der Waals surface area contributed by atoms with Gasteiger partial charge in [-0.15, -0.1) is 0 Å². The summed E-state index contributed by atoms with van der Waals surface area (Å²) in [4.78, 5) is 37.6. The first-order valence-electron chi connectivity index (χ1n) is 16.7. The Bertz CT molecular complexity index is 2060. The van der Waals surface area contributed by atoms with Gasteiger partial charge >= 0.3 is 6.09 Å². The number of carbonyl (C=O) groups excluding carboxylic acids is 2. The molecule has 8 rings (SSSR count). The number of nitrogens with zero attached hydrogens (tertiary/aromatic N) is 7. The predicted molar refractivity (Wildman–Crippen MR) is 180 cm³/mol. The number of rotatable bonds is 7. The Morgan fingerprint density at radius 2 is 1.86 bits per heavy atom. The lowest BCUT2D eigenvalue weighted by molar-refractivity contribution is -0.134. The highest BCUT2D eigenvalue weighted by Crippen LogP contribution is 2.45. The third-order valence-electron chi connectivity index (χ3n) is 9.57. The molecule has 2 aliphatic carbocycles. The highest BCUT2D eigenvalue weighted by Gasteiger charge is 2.58. The van der Waals surface area contributed by atoms with E-state index in [1.807, 2.05) is 62.1 Å². The van der Waals surface area contributed by atoms with Crippen molar-refractivity contribution >= 4 is 29.6 Å². The van der Waals surface area contributed by atoms with Crippen molar-refractivity contribution in [3.05, 3.63) is 83.2 Å². The van der Waals surface area contributed by atoms with Crippen LogP contribution >= 0.6 is 11.6 Å². The Kier molecular flexibility index (Phi) is 7.70. The molecule has 4 atom stereocenters. The van der Waals surface area contributed by atoms with Gasteiger partial charge in [-0.05, 0) is 53.5 Å². The van der Waals surface area contributed by atoms with Crippen LogP contribution < -0.4 is 10.6 Å². The fraction of sp³-hybridized carbons (Fsp3) is 0.429. The zero-order valence-electron chi connectivity index (χ0n) is 28.0. The largest absolute Gasteiger partial charge is 0.447 e. The van der Waals surface area contributed by atoms with Crippen LogP contribution in [0.15, 0.2) is 66.2 Å². The monoisotopic (exact) mass is 721 g/mol. The molecule has 1 unspecified atom stereocenters. The first-order chi connectivity index (χ1) is 24.2. The van der Waals surface area contributed by atoms with Gasteiger partial charge in [0, 0.05) is 18.2 Å². The average Bonchev–Trinajstić information content (AvgIpc) is 3.80. The number of aromatic nitrogens is 5. The summed E-state index contributed by atoms with van der Waals surface area (Å²) < 4.78 is 52.2. The minimum absolute atomic E-state index is 0.123. The molecule has 4 aromatic rings. The molecule has 2 amide bonds. The molecule has 51 heavy (non-hydrogen) atoms. The molecule has 0 spiro atoms. The third-order valence-corrected chi connectivity index (χ3v) is 9.89. The minimum Gasteiger partial charge on any atom is -0.447 e.